The van der Waals surface area contributed by atoms with E-state index in [1.807, 2.05) is 0 Å². The van der Waals surface area contributed by atoms with E-state index in [0.29, 0.717) is 10.2 Å². The lowest BCUT2D eigenvalue weighted by Crippen LogP contribution is -2.42. The molecule has 0 aliphatic heterocycles. The van der Waals surface area contributed by atoms with Crippen LogP contribution in [0.15, 0.2) is 22.7 Å². The van der Waals surface area contributed by atoms with E-state index >= 15 is 0 Å². The third kappa shape index (κ3) is 3.00. The Morgan fingerprint density at radius 1 is 1.39 bits per heavy atom. The molecule has 2 rings (SSSR count). The van der Waals surface area contributed by atoms with Crippen LogP contribution in [0.3, 0.4) is 0 Å². The van der Waals surface area contributed by atoms with Gasteiger partial charge in [-0.1, -0.05) is 28.8 Å². The zero-order valence-corrected chi connectivity index (χ0v) is 11.5. The van der Waals surface area contributed by atoms with E-state index in [-0.39, 0.29) is 22.7 Å². The fourth-order valence-corrected chi connectivity index (χ4v) is 2.67. The number of halogens is 1. The number of rotatable bonds is 3. The van der Waals surface area contributed by atoms with Crippen molar-refractivity contribution in [3.8, 4) is 0 Å². The highest BCUT2D eigenvalue weighted by molar-refractivity contribution is 9.10. The van der Waals surface area contributed by atoms with E-state index in [9.17, 15) is 10.1 Å². The van der Waals surface area contributed by atoms with Gasteiger partial charge >= 0.3 is 0 Å². The summed E-state index contributed by atoms with van der Waals surface area (Å²) in [6.45, 7) is 0. The summed E-state index contributed by atoms with van der Waals surface area (Å²) in [6.07, 6.45) is 4.20. The van der Waals surface area contributed by atoms with Crippen LogP contribution in [0.4, 0.5) is 11.4 Å². The van der Waals surface area contributed by atoms with Crippen LogP contribution in [0.25, 0.3) is 0 Å². The molecule has 0 radical (unpaired) electrons. The van der Waals surface area contributed by atoms with Crippen LogP contribution in [-0.2, 0) is 0 Å². The number of nitro groups is 1. The van der Waals surface area contributed by atoms with Gasteiger partial charge in [0.05, 0.1) is 4.92 Å². The van der Waals surface area contributed by atoms with Crippen molar-refractivity contribution in [3.05, 3.63) is 32.8 Å². The van der Waals surface area contributed by atoms with Crippen molar-refractivity contribution < 1.29 is 4.92 Å². The maximum atomic E-state index is 11.0. The van der Waals surface area contributed by atoms with Crippen molar-refractivity contribution in [2.24, 2.45) is 5.73 Å². The number of anilines is 1. The monoisotopic (exact) mass is 313 g/mol. The molecule has 5 nitrogen and oxygen atoms in total. The van der Waals surface area contributed by atoms with E-state index in [1.54, 1.807) is 12.1 Å². The van der Waals surface area contributed by atoms with E-state index in [2.05, 4.69) is 21.2 Å². The lowest BCUT2D eigenvalue weighted by Gasteiger charge is -2.30. The average molecular weight is 314 g/mol. The van der Waals surface area contributed by atoms with E-state index in [0.717, 1.165) is 25.7 Å². The van der Waals surface area contributed by atoms with Crippen LogP contribution >= 0.6 is 15.9 Å². The molecule has 0 saturated heterocycles. The largest absolute Gasteiger partial charge is 0.375 e. The maximum Gasteiger partial charge on any atom is 0.293 e. The third-order valence-electron chi connectivity index (χ3n) is 3.32. The van der Waals surface area contributed by atoms with Gasteiger partial charge in [0.2, 0.25) is 0 Å². The van der Waals surface area contributed by atoms with E-state index in [4.69, 9.17) is 5.73 Å². The highest BCUT2D eigenvalue weighted by atomic mass is 79.9. The molecule has 0 amide bonds. The Morgan fingerprint density at radius 3 is 2.78 bits per heavy atom. The molecule has 1 aromatic rings. The standard InChI is InChI=1S/C12H16BrN3O2/c13-8-5-6-11(12(7-8)16(17)18)15-10-4-2-1-3-9(10)14/h5-7,9-10,15H,1-4,14H2/t9-,10-/m1/s1. The molecule has 3 N–H and O–H groups in total. The fourth-order valence-electron chi connectivity index (χ4n) is 2.32. The summed E-state index contributed by atoms with van der Waals surface area (Å²) < 4.78 is 0.702. The van der Waals surface area contributed by atoms with E-state index in [1.165, 1.54) is 6.07 Å². The molecule has 1 fully saturated rings. The second-order valence-corrected chi connectivity index (χ2v) is 5.53. The molecular formula is C12H16BrN3O2. The van der Waals surface area contributed by atoms with Crippen LogP contribution in [0.2, 0.25) is 0 Å². The maximum absolute atomic E-state index is 11.0. The number of hydrogen-bond acceptors (Lipinski definition) is 4. The summed E-state index contributed by atoms with van der Waals surface area (Å²) in [5, 5.41) is 14.2. The topological polar surface area (TPSA) is 81.2 Å². The van der Waals surface area contributed by atoms with Gasteiger partial charge in [-0.05, 0) is 25.0 Å². The lowest BCUT2D eigenvalue weighted by molar-refractivity contribution is -0.384. The summed E-state index contributed by atoms with van der Waals surface area (Å²) in [5.41, 5.74) is 6.67. The summed E-state index contributed by atoms with van der Waals surface area (Å²) in [6, 6.07) is 5.23. The smallest absolute Gasteiger partial charge is 0.293 e. The van der Waals surface area contributed by atoms with Crippen molar-refractivity contribution in [1.29, 1.82) is 0 Å². The molecule has 0 aromatic heterocycles. The molecule has 0 bridgehead atoms. The van der Waals surface area contributed by atoms with Crippen molar-refractivity contribution >= 4 is 27.3 Å². The second-order valence-electron chi connectivity index (χ2n) is 4.62. The number of nitrogens with zero attached hydrogens (tertiary/aromatic N) is 1. The molecule has 98 valence electrons. The van der Waals surface area contributed by atoms with Crippen molar-refractivity contribution in [1.82, 2.24) is 0 Å². The first-order chi connectivity index (χ1) is 8.58. The number of nitrogens with two attached hydrogens (primary N) is 1. The summed E-state index contributed by atoms with van der Waals surface area (Å²) in [4.78, 5) is 10.6. The molecule has 18 heavy (non-hydrogen) atoms. The van der Waals surface area contributed by atoms with Gasteiger partial charge in [-0.2, -0.15) is 0 Å². The predicted molar refractivity (Wildman–Crippen MR) is 74.7 cm³/mol. The Labute approximate surface area is 114 Å². The first-order valence-electron chi connectivity index (χ1n) is 6.04. The van der Waals surface area contributed by atoms with Crippen LogP contribution in [0.5, 0.6) is 0 Å². The van der Waals surface area contributed by atoms with Gasteiger partial charge in [-0.3, -0.25) is 10.1 Å². The molecule has 1 saturated carbocycles. The number of nitrogens with one attached hydrogen (secondary N) is 1. The SMILES string of the molecule is N[C@@H]1CCCC[C@H]1Nc1ccc(Br)cc1[N+](=O)[O-]. The van der Waals surface area contributed by atoms with Gasteiger partial charge in [0.25, 0.3) is 5.69 Å². The normalized spacial score (nSPS) is 23.7. The van der Waals surface area contributed by atoms with Gasteiger partial charge in [0, 0.05) is 22.6 Å². The Hall–Kier alpha value is -1.14. The summed E-state index contributed by atoms with van der Waals surface area (Å²) in [7, 11) is 0. The molecule has 2 atom stereocenters. The van der Waals surface area contributed by atoms with Crippen molar-refractivity contribution in [3.63, 3.8) is 0 Å². The highest BCUT2D eigenvalue weighted by Gasteiger charge is 2.24. The van der Waals surface area contributed by atoms with Crippen molar-refractivity contribution in [2.45, 2.75) is 37.8 Å². The van der Waals surface area contributed by atoms with Crippen LogP contribution in [-0.4, -0.2) is 17.0 Å². The Balaban J connectivity index is 2.20. The van der Waals surface area contributed by atoms with Gasteiger partial charge in [-0.25, -0.2) is 0 Å². The van der Waals surface area contributed by atoms with Crippen molar-refractivity contribution in [2.75, 3.05) is 5.32 Å². The first kappa shape index (κ1) is 13.3. The zero-order chi connectivity index (χ0) is 13.1. The molecular weight excluding hydrogens is 298 g/mol. The Bertz CT molecular complexity index is 453. The van der Waals surface area contributed by atoms with Crippen LogP contribution < -0.4 is 11.1 Å². The molecule has 0 unspecified atom stereocenters. The molecule has 1 aliphatic carbocycles. The van der Waals surface area contributed by atoms with E-state index < -0.39 is 0 Å². The third-order valence-corrected chi connectivity index (χ3v) is 3.81. The number of nitro benzene ring substituents is 1. The Kier molecular flexibility index (Phi) is 4.19. The average Bonchev–Trinajstić information content (AvgIpc) is 2.34. The second kappa shape index (κ2) is 5.67. The summed E-state index contributed by atoms with van der Waals surface area (Å²) >= 11 is 3.24. The molecule has 6 heteroatoms. The number of hydrogen-bond donors (Lipinski definition) is 2. The highest BCUT2D eigenvalue weighted by Crippen LogP contribution is 2.30. The molecule has 1 aromatic carbocycles. The lowest BCUT2D eigenvalue weighted by atomic mass is 9.91. The fraction of sp³-hybridized carbons (Fsp3) is 0.500. The minimum absolute atomic E-state index is 0.0713. The van der Waals surface area contributed by atoms with Crippen LogP contribution in [0, 0.1) is 10.1 Å². The van der Waals surface area contributed by atoms with Crippen LogP contribution in [0.1, 0.15) is 25.7 Å². The van der Waals surface area contributed by atoms with Gasteiger partial charge in [-0.15, -0.1) is 0 Å². The summed E-state index contributed by atoms with van der Waals surface area (Å²) in [5.74, 6) is 0. The molecule has 0 heterocycles. The van der Waals surface area contributed by atoms with Gasteiger partial charge in [0.15, 0.2) is 0 Å². The zero-order valence-electron chi connectivity index (χ0n) is 9.93. The number of benzene rings is 1. The van der Waals surface area contributed by atoms with Gasteiger partial charge < -0.3 is 11.1 Å². The molecule has 1 aliphatic rings. The minimum Gasteiger partial charge on any atom is -0.375 e. The predicted octanol–water partition coefficient (Wildman–Crippen LogP) is 3.04. The first-order valence-corrected chi connectivity index (χ1v) is 6.83. The minimum atomic E-state index is -0.374. The van der Waals surface area contributed by atoms with Gasteiger partial charge in [0.1, 0.15) is 5.69 Å². The quantitative estimate of drug-likeness (QED) is 0.664. The Morgan fingerprint density at radius 2 is 2.11 bits per heavy atom. The molecule has 0 spiro atoms.